The molecule has 114 valence electrons. The molecule has 5 nitrogen and oxygen atoms in total. The van der Waals surface area contributed by atoms with Gasteiger partial charge in [-0.15, -0.1) is 0 Å². The molecule has 0 saturated carbocycles. The second kappa shape index (κ2) is 7.11. The molecule has 1 aromatic carbocycles. The quantitative estimate of drug-likeness (QED) is 0.894. The number of nitrogens with zero attached hydrogens (tertiary/aromatic N) is 1. The molecular weight excluding hydrogens is 268 g/mol. The molecule has 1 heterocycles. The van der Waals surface area contributed by atoms with Crippen LogP contribution in [0.1, 0.15) is 35.7 Å². The number of piperidine rings is 1. The molecule has 0 spiro atoms. The zero-order valence-electron chi connectivity index (χ0n) is 12.3. The Balaban J connectivity index is 1.75. The van der Waals surface area contributed by atoms with Gasteiger partial charge in [-0.3, -0.25) is 0 Å². The number of hydrogen-bond acceptors (Lipinski definition) is 2. The molecule has 2 amide bonds. The second-order valence-electron chi connectivity index (χ2n) is 5.68. The summed E-state index contributed by atoms with van der Waals surface area (Å²) in [6.07, 6.45) is 2.97. The van der Waals surface area contributed by atoms with E-state index in [0.717, 1.165) is 25.1 Å². The maximum Gasteiger partial charge on any atom is 0.335 e. The fourth-order valence-corrected chi connectivity index (χ4v) is 2.61. The lowest BCUT2D eigenvalue weighted by Gasteiger charge is -2.30. The molecule has 21 heavy (non-hydrogen) atoms. The van der Waals surface area contributed by atoms with E-state index < -0.39 is 5.97 Å². The number of carboxylic acid groups (broad SMARTS) is 1. The van der Waals surface area contributed by atoms with E-state index in [1.165, 1.54) is 6.42 Å². The molecular formula is C16H22N2O3. The van der Waals surface area contributed by atoms with Crippen molar-refractivity contribution < 1.29 is 14.7 Å². The van der Waals surface area contributed by atoms with Gasteiger partial charge in [-0.05, 0) is 42.9 Å². The van der Waals surface area contributed by atoms with Gasteiger partial charge in [-0.25, -0.2) is 9.59 Å². The highest BCUT2D eigenvalue weighted by atomic mass is 16.4. The van der Waals surface area contributed by atoms with Crippen molar-refractivity contribution in [3.8, 4) is 0 Å². The number of urea groups is 1. The number of benzene rings is 1. The third-order valence-corrected chi connectivity index (χ3v) is 3.84. The Hall–Kier alpha value is -2.04. The van der Waals surface area contributed by atoms with Crippen LogP contribution in [0, 0.1) is 5.92 Å². The normalized spacial score (nSPS) is 18.3. The molecule has 1 unspecified atom stereocenters. The molecule has 0 aromatic heterocycles. The number of hydrogen-bond donors (Lipinski definition) is 2. The van der Waals surface area contributed by atoms with Gasteiger partial charge < -0.3 is 15.3 Å². The predicted molar refractivity (Wildman–Crippen MR) is 80.5 cm³/mol. The smallest absolute Gasteiger partial charge is 0.335 e. The maximum atomic E-state index is 12.0. The third-order valence-electron chi connectivity index (χ3n) is 3.84. The van der Waals surface area contributed by atoms with Crippen molar-refractivity contribution in [3.63, 3.8) is 0 Å². The van der Waals surface area contributed by atoms with E-state index >= 15 is 0 Å². The number of rotatable bonds is 4. The summed E-state index contributed by atoms with van der Waals surface area (Å²) in [5.41, 5.74) is 1.30. The van der Waals surface area contributed by atoms with E-state index in [1.54, 1.807) is 24.3 Å². The van der Waals surface area contributed by atoms with Crippen molar-refractivity contribution in [2.24, 2.45) is 5.92 Å². The van der Waals surface area contributed by atoms with Gasteiger partial charge in [0, 0.05) is 19.6 Å². The van der Waals surface area contributed by atoms with Crippen molar-refractivity contribution in [3.05, 3.63) is 35.4 Å². The molecule has 2 rings (SSSR count). The van der Waals surface area contributed by atoms with E-state index in [-0.39, 0.29) is 11.6 Å². The molecule has 1 aromatic rings. The SMILES string of the molecule is CC1CCCN(C(=O)NCCc2ccc(C(=O)O)cc2)C1. The van der Waals surface area contributed by atoms with E-state index in [0.29, 0.717) is 18.9 Å². The highest BCUT2D eigenvalue weighted by molar-refractivity contribution is 5.87. The Morgan fingerprint density at radius 2 is 2.05 bits per heavy atom. The first-order valence-corrected chi connectivity index (χ1v) is 7.41. The van der Waals surface area contributed by atoms with Gasteiger partial charge in [0.2, 0.25) is 0 Å². The summed E-state index contributed by atoms with van der Waals surface area (Å²) in [7, 11) is 0. The van der Waals surface area contributed by atoms with Crippen LogP contribution >= 0.6 is 0 Å². The molecule has 5 heteroatoms. The fourth-order valence-electron chi connectivity index (χ4n) is 2.61. The molecule has 1 aliphatic heterocycles. The van der Waals surface area contributed by atoms with Crippen molar-refractivity contribution in [1.82, 2.24) is 10.2 Å². The lowest BCUT2D eigenvalue weighted by molar-refractivity contribution is 0.0697. The van der Waals surface area contributed by atoms with E-state index in [4.69, 9.17) is 5.11 Å². The first-order valence-electron chi connectivity index (χ1n) is 7.41. The molecule has 2 N–H and O–H groups in total. The topological polar surface area (TPSA) is 69.6 Å². The van der Waals surface area contributed by atoms with E-state index in [2.05, 4.69) is 12.2 Å². The Kier molecular flexibility index (Phi) is 5.20. The second-order valence-corrected chi connectivity index (χ2v) is 5.68. The summed E-state index contributed by atoms with van der Waals surface area (Å²) in [6.45, 7) is 4.40. The minimum absolute atomic E-state index is 0.00343. The van der Waals surface area contributed by atoms with Crippen LogP contribution in [-0.4, -0.2) is 41.6 Å². The zero-order valence-corrected chi connectivity index (χ0v) is 12.3. The summed E-state index contributed by atoms with van der Waals surface area (Å²) in [6, 6.07) is 6.76. The minimum Gasteiger partial charge on any atom is -0.478 e. The van der Waals surface area contributed by atoms with Gasteiger partial charge in [0.05, 0.1) is 5.56 Å². The highest BCUT2D eigenvalue weighted by Crippen LogP contribution is 2.15. The van der Waals surface area contributed by atoms with Crippen LogP contribution in [0.3, 0.4) is 0 Å². The number of carbonyl (C=O) groups is 2. The average molecular weight is 290 g/mol. The number of aromatic carboxylic acids is 1. The van der Waals surface area contributed by atoms with Gasteiger partial charge in [-0.1, -0.05) is 19.1 Å². The van der Waals surface area contributed by atoms with Gasteiger partial charge in [0.25, 0.3) is 0 Å². The molecule has 1 atom stereocenters. The van der Waals surface area contributed by atoms with Crippen LogP contribution < -0.4 is 5.32 Å². The van der Waals surface area contributed by atoms with Crippen LogP contribution in [0.5, 0.6) is 0 Å². The van der Waals surface area contributed by atoms with Crippen LogP contribution in [0.2, 0.25) is 0 Å². The summed E-state index contributed by atoms with van der Waals surface area (Å²) in [5.74, 6) is -0.345. The molecule has 0 aliphatic carbocycles. The first-order chi connectivity index (χ1) is 10.1. The minimum atomic E-state index is -0.922. The maximum absolute atomic E-state index is 12.0. The standard InChI is InChI=1S/C16H22N2O3/c1-12-3-2-10-18(11-12)16(21)17-9-8-13-4-6-14(7-5-13)15(19)20/h4-7,12H,2-3,8-11H2,1H3,(H,17,21)(H,19,20). The van der Waals surface area contributed by atoms with Crippen LogP contribution in [0.25, 0.3) is 0 Å². The summed E-state index contributed by atoms with van der Waals surface area (Å²) < 4.78 is 0. The number of likely N-dealkylation sites (tertiary alicyclic amines) is 1. The van der Waals surface area contributed by atoms with E-state index in [9.17, 15) is 9.59 Å². The molecule has 1 saturated heterocycles. The number of nitrogens with one attached hydrogen (secondary N) is 1. The average Bonchev–Trinajstić information content (AvgIpc) is 2.47. The monoisotopic (exact) mass is 290 g/mol. The van der Waals surface area contributed by atoms with Crippen molar-refractivity contribution in [2.45, 2.75) is 26.2 Å². The van der Waals surface area contributed by atoms with Gasteiger partial charge >= 0.3 is 12.0 Å². The molecule has 1 fully saturated rings. The summed E-state index contributed by atoms with van der Waals surface area (Å²) >= 11 is 0. The summed E-state index contributed by atoms with van der Waals surface area (Å²) in [5, 5.41) is 11.8. The van der Waals surface area contributed by atoms with Gasteiger partial charge in [-0.2, -0.15) is 0 Å². The molecule has 0 bridgehead atoms. The summed E-state index contributed by atoms with van der Waals surface area (Å²) in [4.78, 5) is 24.6. The van der Waals surface area contributed by atoms with Crippen molar-refractivity contribution >= 4 is 12.0 Å². The van der Waals surface area contributed by atoms with Gasteiger partial charge in [0.15, 0.2) is 0 Å². The Morgan fingerprint density at radius 1 is 1.33 bits per heavy atom. The Labute approximate surface area is 125 Å². The lowest BCUT2D eigenvalue weighted by Crippen LogP contribution is -2.45. The van der Waals surface area contributed by atoms with Crippen molar-refractivity contribution in [1.29, 1.82) is 0 Å². The fraction of sp³-hybridized carbons (Fsp3) is 0.500. The predicted octanol–water partition coefficient (Wildman–Crippen LogP) is 2.37. The number of carboxylic acids is 1. The van der Waals surface area contributed by atoms with Crippen LogP contribution in [-0.2, 0) is 6.42 Å². The Morgan fingerprint density at radius 3 is 2.67 bits per heavy atom. The number of carbonyl (C=O) groups excluding carboxylic acids is 1. The largest absolute Gasteiger partial charge is 0.478 e. The Bertz CT molecular complexity index is 499. The zero-order chi connectivity index (χ0) is 15.2. The lowest BCUT2D eigenvalue weighted by atomic mass is 10.0. The van der Waals surface area contributed by atoms with E-state index in [1.807, 2.05) is 4.90 Å². The first kappa shape index (κ1) is 15.4. The third kappa shape index (κ3) is 4.48. The van der Waals surface area contributed by atoms with Crippen molar-refractivity contribution in [2.75, 3.05) is 19.6 Å². The molecule has 1 aliphatic rings. The van der Waals surface area contributed by atoms with Gasteiger partial charge in [0.1, 0.15) is 0 Å². The highest BCUT2D eigenvalue weighted by Gasteiger charge is 2.20. The van der Waals surface area contributed by atoms with Crippen LogP contribution in [0.15, 0.2) is 24.3 Å². The van der Waals surface area contributed by atoms with Crippen LogP contribution in [0.4, 0.5) is 4.79 Å². The number of amides is 2. The molecule has 0 radical (unpaired) electrons.